The average Bonchev–Trinajstić information content (AvgIpc) is 3.20. The van der Waals surface area contributed by atoms with Crippen LogP contribution in [0.15, 0.2) is 35.8 Å². The van der Waals surface area contributed by atoms with Gasteiger partial charge in [-0.25, -0.2) is 9.48 Å². The molecule has 1 atom stereocenters. The summed E-state index contributed by atoms with van der Waals surface area (Å²) in [4.78, 5) is 17.2. The molecule has 3 rings (SSSR count). The molecule has 162 valence electrons. The summed E-state index contributed by atoms with van der Waals surface area (Å²) in [5.74, 6) is 1.54. The van der Waals surface area contributed by atoms with E-state index in [9.17, 15) is 4.79 Å². The van der Waals surface area contributed by atoms with E-state index in [1.807, 2.05) is 39.0 Å². The van der Waals surface area contributed by atoms with Crippen LogP contribution in [0.4, 0.5) is 5.95 Å². The van der Waals surface area contributed by atoms with Crippen molar-refractivity contribution in [3.63, 3.8) is 0 Å². The molecule has 1 N–H and O–H groups in total. The van der Waals surface area contributed by atoms with E-state index in [2.05, 4.69) is 22.3 Å². The maximum Gasteiger partial charge on any atom is 0.338 e. The molecule has 8 heteroatoms. The molecule has 2 aromatic rings. The molecule has 0 fully saturated rings. The van der Waals surface area contributed by atoms with Gasteiger partial charge in [0.2, 0.25) is 5.95 Å². The molecule has 0 radical (unpaired) electrons. The van der Waals surface area contributed by atoms with Crippen LogP contribution < -0.4 is 14.8 Å². The molecule has 0 bridgehead atoms. The second-order valence-electron chi connectivity index (χ2n) is 7.07. The van der Waals surface area contributed by atoms with Crippen molar-refractivity contribution in [2.24, 2.45) is 0 Å². The van der Waals surface area contributed by atoms with E-state index in [1.54, 1.807) is 4.68 Å². The third kappa shape index (κ3) is 4.58. The number of hydrogen-bond acceptors (Lipinski definition) is 7. The van der Waals surface area contributed by atoms with Crippen LogP contribution in [0.3, 0.4) is 0 Å². The highest BCUT2D eigenvalue weighted by Gasteiger charge is 2.34. The van der Waals surface area contributed by atoms with E-state index in [-0.39, 0.29) is 5.97 Å². The van der Waals surface area contributed by atoms with Crippen LogP contribution in [0.5, 0.6) is 11.5 Å². The van der Waals surface area contributed by atoms with Crippen molar-refractivity contribution in [1.29, 1.82) is 0 Å². The molecule has 0 saturated heterocycles. The van der Waals surface area contributed by atoms with Crippen LogP contribution >= 0.6 is 0 Å². The summed E-state index contributed by atoms with van der Waals surface area (Å²) in [6.45, 7) is 9.36. The van der Waals surface area contributed by atoms with Crippen molar-refractivity contribution in [2.45, 2.75) is 53.0 Å². The van der Waals surface area contributed by atoms with E-state index in [4.69, 9.17) is 14.2 Å². The number of fused-ring (bicyclic) bond motifs is 1. The minimum Gasteiger partial charge on any atom is -0.490 e. The molecule has 0 amide bonds. The van der Waals surface area contributed by atoms with Crippen molar-refractivity contribution in [2.75, 3.05) is 25.1 Å². The maximum absolute atomic E-state index is 12.9. The van der Waals surface area contributed by atoms with Crippen molar-refractivity contribution in [3.05, 3.63) is 41.4 Å². The molecule has 1 unspecified atom stereocenters. The zero-order valence-electron chi connectivity index (χ0n) is 18.1. The Labute approximate surface area is 177 Å². The zero-order valence-corrected chi connectivity index (χ0v) is 18.1. The summed E-state index contributed by atoms with van der Waals surface area (Å²) in [6, 6.07) is 5.26. The van der Waals surface area contributed by atoms with Gasteiger partial charge in [-0.1, -0.05) is 26.3 Å². The topological polar surface area (TPSA) is 87.5 Å². The molecule has 1 aromatic carbocycles. The van der Waals surface area contributed by atoms with E-state index in [0.29, 0.717) is 48.5 Å². The van der Waals surface area contributed by atoms with E-state index in [1.165, 1.54) is 6.33 Å². The molecule has 1 aliphatic rings. The lowest BCUT2D eigenvalue weighted by Crippen LogP contribution is -2.29. The Morgan fingerprint density at radius 3 is 2.70 bits per heavy atom. The zero-order chi connectivity index (χ0) is 21.5. The Morgan fingerprint density at radius 1 is 1.13 bits per heavy atom. The number of hydrogen-bond donors (Lipinski definition) is 1. The smallest absolute Gasteiger partial charge is 0.338 e. The lowest BCUT2D eigenvalue weighted by atomic mass is 9.95. The molecular weight excluding hydrogens is 384 g/mol. The number of allylic oxidation sites excluding steroid dienone is 1. The number of benzene rings is 1. The van der Waals surface area contributed by atoms with E-state index < -0.39 is 6.04 Å². The third-order valence-corrected chi connectivity index (χ3v) is 4.79. The third-order valence-electron chi connectivity index (χ3n) is 4.79. The van der Waals surface area contributed by atoms with E-state index in [0.717, 1.165) is 24.8 Å². The van der Waals surface area contributed by atoms with Crippen LogP contribution in [0.25, 0.3) is 0 Å². The van der Waals surface area contributed by atoms with Gasteiger partial charge in [-0.05, 0) is 44.4 Å². The monoisotopic (exact) mass is 414 g/mol. The van der Waals surface area contributed by atoms with Gasteiger partial charge in [0.1, 0.15) is 12.4 Å². The van der Waals surface area contributed by atoms with Crippen molar-refractivity contribution in [3.8, 4) is 11.5 Å². The van der Waals surface area contributed by atoms with Gasteiger partial charge in [-0.15, -0.1) is 0 Å². The molecule has 2 heterocycles. The second-order valence-corrected chi connectivity index (χ2v) is 7.07. The van der Waals surface area contributed by atoms with E-state index >= 15 is 0 Å². The number of carbonyl (C=O) groups excluding carboxylic acids is 1. The minimum absolute atomic E-state index is 0.362. The van der Waals surface area contributed by atoms with Crippen LogP contribution in [-0.2, 0) is 9.53 Å². The number of nitrogens with zero attached hydrogens (tertiary/aromatic N) is 3. The molecular formula is C22H30N4O4. The largest absolute Gasteiger partial charge is 0.490 e. The van der Waals surface area contributed by atoms with Crippen molar-refractivity contribution in [1.82, 2.24) is 14.8 Å². The number of ether oxygens (including phenoxy) is 3. The summed E-state index contributed by atoms with van der Waals surface area (Å²) in [6.07, 6.45) is 4.25. The highest BCUT2D eigenvalue weighted by Crippen LogP contribution is 2.39. The van der Waals surface area contributed by atoms with Crippen LogP contribution in [0.1, 0.15) is 58.6 Å². The lowest BCUT2D eigenvalue weighted by molar-refractivity contribution is -0.139. The van der Waals surface area contributed by atoms with Crippen molar-refractivity contribution >= 4 is 11.9 Å². The van der Waals surface area contributed by atoms with Gasteiger partial charge in [-0.2, -0.15) is 10.1 Å². The molecule has 0 aliphatic carbocycles. The maximum atomic E-state index is 12.9. The minimum atomic E-state index is -0.475. The first-order valence-electron chi connectivity index (χ1n) is 10.5. The normalized spacial score (nSPS) is 15.4. The van der Waals surface area contributed by atoms with Gasteiger partial charge in [0.15, 0.2) is 11.5 Å². The van der Waals surface area contributed by atoms with Crippen molar-refractivity contribution < 1.29 is 19.0 Å². The second kappa shape index (κ2) is 10.1. The van der Waals surface area contributed by atoms with Gasteiger partial charge in [0.25, 0.3) is 0 Å². The molecule has 1 aliphatic heterocycles. The number of unbranched alkanes of at least 4 members (excludes halogenated alkanes) is 1. The number of aromatic nitrogens is 3. The first-order chi connectivity index (χ1) is 14.6. The summed E-state index contributed by atoms with van der Waals surface area (Å²) < 4.78 is 18.9. The van der Waals surface area contributed by atoms with Crippen LogP contribution in [0, 0.1) is 0 Å². The quantitative estimate of drug-likeness (QED) is 0.463. The Morgan fingerprint density at radius 2 is 1.97 bits per heavy atom. The van der Waals surface area contributed by atoms with Gasteiger partial charge >= 0.3 is 5.97 Å². The number of rotatable bonds is 10. The summed E-state index contributed by atoms with van der Waals surface area (Å²) >= 11 is 0. The van der Waals surface area contributed by atoms with Gasteiger partial charge in [0, 0.05) is 5.70 Å². The summed E-state index contributed by atoms with van der Waals surface area (Å²) in [5, 5.41) is 7.49. The molecule has 8 nitrogen and oxygen atoms in total. The summed E-state index contributed by atoms with van der Waals surface area (Å²) in [5.41, 5.74) is 2.05. The van der Waals surface area contributed by atoms with Crippen LogP contribution in [-0.4, -0.2) is 40.6 Å². The Bertz CT molecular complexity index is 906. The molecule has 0 saturated carbocycles. The highest BCUT2D eigenvalue weighted by atomic mass is 16.5. The standard InChI is InChI=1S/C22H30N4O4/c1-5-8-12-29-17-10-9-16(13-18(17)28-7-3)20-19(21(27)30-11-6-2)15(4)25-22-23-14-24-26(20)22/h9-10,13-14,20H,5-8,11-12H2,1-4H3,(H,23,24,25). The number of anilines is 1. The Kier molecular flexibility index (Phi) is 7.32. The fraction of sp³-hybridized carbons (Fsp3) is 0.500. The first-order valence-corrected chi connectivity index (χ1v) is 10.5. The summed E-state index contributed by atoms with van der Waals surface area (Å²) in [7, 11) is 0. The Balaban J connectivity index is 2.01. The first kappa shape index (κ1) is 21.7. The predicted octanol–water partition coefficient (Wildman–Crippen LogP) is 4.10. The van der Waals surface area contributed by atoms with Crippen LogP contribution in [0.2, 0.25) is 0 Å². The van der Waals surface area contributed by atoms with Gasteiger partial charge in [-0.3, -0.25) is 0 Å². The van der Waals surface area contributed by atoms with Gasteiger partial charge < -0.3 is 19.5 Å². The number of carbonyl (C=O) groups is 1. The molecule has 30 heavy (non-hydrogen) atoms. The average molecular weight is 415 g/mol. The molecule has 0 spiro atoms. The SMILES string of the molecule is CCCCOc1ccc(C2C(C(=O)OCCC)=C(C)Nc3ncnn32)cc1OCC. The number of nitrogens with one attached hydrogen (secondary N) is 1. The molecule has 1 aromatic heterocycles. The predicted molar refractivity (Wildman–Crippen MR) is 114 cm³/mol. The number of esters is 1. The van der Waals surface area contributed by atoms with Gasteiger partial charge in [0.05, 0.1) is 25.4 Å². The fourth-order valence-corrected chi connectivity index (χ4v) is 3.34. The fourth-order valence-electron chi connectivity index (χ4n) is 3.34. The lowest BCUT2D eigenvalue weighted by Gasteiger charge is -2.28. The Hall–Kier alpha value is -3.03. The highest BCUT2D eigenvalue weighted by molar-refractivity contribution is 5.92.